The van der Waals surface area contributed by atoms with E-state index in [0.717, 1.165) is 6.42 Å². The van der Waals surface area contributed by atoms with Gasteiger partial charge in [-0.25, -0.2) is 12.7 Å². The Morgan fingerprint density at radius 1 is 1.46 bits per heavy atom. The number of sulfonamides is 1. The minimum atomic E-state index is -2.98. The molecule has 13 heavy (non-hydrogen) atoms. The van der Waals surface area contributed by atoms with Gasteiger partial charge in [0.2, 0.25) is 10.0 Å². The maximum atomic E-state index is 11.2. The smallest absolute Gasteiger partial charge is 0.211 e. The molecule has 78 valence electrons. The second-order valence-corrected chi connectivity index (χ2v) is 5.91. The van der Waals surface area contributed by atoms with Crippen LogP contribution in [0.3, 0.4) is 0 Å². The lowest BCUT2D eigenvalue weighted by atomic mass is 10.2. The quantitative estimate of drug-likeness (QED) is 0.708. The van der Waals surface area contributed by atoms with E-state index in [4.69, 9.17) is 0 Å². The third-order valence-electron chi connectivity index (χ3n) is 2.19. The molecular formula is C8H18N2O2S. The van der Waals surface area contributed by atoms with Gasteiger partial charge in [0.15, 0.2) is 0 Å². The van der Waals surface area contributed by atoms with Crippen LogP contribution in [0.25, 0.3) is 0 Å². The molecule has 5 heteroatoms. The molecule has 4 nitrogen and oxygen atoms in total. The Hall–Kier alpha value is -0.130. The summed E-state index contributed by atoms with van der Waals surface area (Å²) in [5, 5.41) is 3.34. The minimum Gasteiger partial charge on any atom is -0.310 e. The molecule has 1 fully saturated rings. The lowest BCUT2D eigenvalue weighted by Gasteiger charge is -2.16. The molecule has 0 aromatic rings. The highest BCUT2D eigenvalue weighted by Crippen LogP contribution is 2.12. The van der Waals surface area contributed by atoms with Crippen LogP contribution in [0.5, 0.6) is 0 Å². The van der Waals surface area contributed by atoms with Crippen LogP contribution in [-0.2, 0) is 10.0 Å². The molecule has 1 heterocycles. The summed E-state index contributed by atoms with van der Waals surface area (Å²) in [5.74, 6) is 0. The summed E-state index contributed by atoms with van der Waals surface area (Å²) in [6, 6.07) is 0.749. The van der Waals surface area contributed by atoms with Crippen LogP contribution >= 0.6 is 0 Å². The molecule has 1 N–H and O–H groups in total. The Balaban J connectivity index is 2.46. The lowest BCUT2D eigenvalue weighted by molar-refractivity contribution is 0.443. The second-order valence-electron chi connectivity index (χ2n) is 3.93. The van der Waals surface area contributed by atoms with Crippen LogP contribution in [0, 0.1) is 0 Å². The Morgan fingerprint density at radius 3 is 2.46 bits per heavy atom. The van der Waals surface area contributed by atoms with Crippen LogP contribution < -0.4 is 5.32 Å². The third kappa shape index (κ3) is 3.25. The van der Waals surface area contributed by atoms with Crippen LogP contribution in [0.2, 0.25) is 0 Å². The number of rotatable bonds is 3. The molecule has 0 unspecified atom stereocenters. The van der Waals surface area contributed by atoms with Gasteiger partial charge in [-0.15, -0.1) is 0 Å². The van der Waals surface area contributed by atoms with Crippen LogP contribution in [0.4, 0.5) is 0 Å². The van der Waals surface area contributed by atoms with E-state index >= 15 is 0 Å². The van der Waals surface area contributed by atoms with Gasteiger partial charge in [0.1, 0.15) is 0 Å². The zero-order valence-corrected chi connectivity index (χ0v) is 9.26. The number of hydrogen-bond donors (Lipinski definition) is 1. The minimum absolute atomic E-state index is 0.328. The molecule has 1 aliphatic heterocycles. The van der Waals surface area contributed by atoms with E-state index in [1.54, 1.807) is 0 Å². The van der Waals surface area contributed by atoms with Gasteiger partial charge in [-0.2, -0.15) is 0 Å². The fourth-order valence-corrected chi connectivity index (χ4v) is 2.52. The summed E-state index contributed by atoms with van der Waals surface area (Å²) < 4.78 is 23.9. The van der Waals surface area contributed by atoms with Gasteiger partial charge in [0.05, 0.1) is 6.26 Å². The van der Waals surface area contributed by atoms with Gasteiger partial charge in [0, 0.05) is 25.2 Å². The molecule has 0 aliphatic carbocycles. The average Bonchev–Trinajstić information content (AvgIpc) is 2.32. The van der Waals surface area contributed by atoms with Crippen LogP contribution in [0.1, 0.15) is 20.3 Å². The van der Waals surface area contributed by atoms with Gasteiger partial charge < -0.3 is 5.32 Å². The molecule has 1 rings (SSSR count). The summed E-state index contributed by atoms with van der Waals surface area (Å²) in [6.45, 7) is 5.42. The maximum absolute atomic E-state index is 11.2. The van der Waals surface area contributed by atoms with E-state index in [2.05, 4.69) is 19.2 Å². The third-order valence-corrected chi connectivity index (χ3v) is 3.46. The van der Waals surface area contributed by atoms with Crippen molar-refractivity contribution in [3.05, 3.63) is 0 Å². The van der Waals surface area contributed by atoms with Gasteiger partial charge in [-0.1, -0.05) is 13.8 Å². The molecule has 0 aromatic carbocycles. The van der Waals surface area contributed by atoms with Crippen molar-refractivity contribution in [3.8, 4) is 0 Å². The van der Waals surface area contributed by atoms with E-state index < -0.39 is 10.0 Å². The molecule has 1 atom stereocenters. The second kappa shape index (κ2) is 3.94. The monoisotopic (exact) mass is 206 g/mol. The van der Waals surface area contributed by atoms with Crippen molar-refractivity contribution in [3.63, 3.8) is 0 Å². The molecule has 0 radical (unpaired) electrons. The molecule has 0 amide bonds. The first-order valence-electron chi connectivity index (χ1n) is 4.61. The molecule has 0 aromatic heterocycles. The van der Waals surface area contributed by atoms with Gasteiger partial charge in [-0.3, -0.25) is 0 Å². The number of nitrogens with one attached hydrogen (secondary N) is 1. The number of hydrogen-bond acceptors (Lipinski definition) is 3. The van der Waals surface area contributed by atoms with Crippen molar-refractivity contribution in [1.29, 1.82) is 0 Å². The highest BCUT2D eigenvalue weighted by molar-refractivity contribution is 7.88. The van der Waals surface area contributed by atoms with Crippen LogP contribution in [-0.4, -0.2) is 44.2 Å². The Labute approximate surface area is 80.4 Å². The first-order valence-corrected chi connectivity index (χ1v) is 6.45. The van der Waals surface area contributed by atoms with Gasteiger partial charge >= 0.3 is 0 Å². The summed E-state index contributed by atoms with van der Waals surface area (Å²) in [7, 11) is -2.98. The summed E-state index contributed by atoms with van der Waals surface area (Å²) in [5.41, 5.74) is 0. The fourth-order valence-electron chi connectivity index (χ4n) is 1.64. The largest absolute Gasteiger partial charge is 0.310 e. The van der Waals surface area contributed by atoms with Crippen molar-refractivity contribution in [2.45, 2.75) is 32.4 Å². The predicted octanol–water partition coefficient (Wildman–Crippen LogP) is 0.0183. The van der Waals surface area contributed by atoms with E-state index in [9.17, 15) is 8.42 Å². The van der Waals surface area contributed by atoms with Gasteiger partial charge in [-0.05, 0) is 6.42 Å². The van der Waals surface area contributed by atoms with Crippen molar-refractivity contribution in [2.75, 3.05) is 19.3 Å². The van der Waals surface area contributed by atoms with E-state index in [1.807, 2.05) is 0 Å². The topological polar surface area (TPSA) is 49.4 Å². The SMILES string of the molecule is CC(C)N[C@H]1CCN(S(C)(=O)=O)C1. The zero-order valence-electron chi connectivity index (χ0n) is 8.45. The Kier molecular flexibility index (Phi) is 3.32. The summed E-state index contributed by atoms with van der Waals surface area (Å²) in [4.78, 5) is 0. The molecular weight excluding hydrogens is 188 g/mol. The highest BCUT2D eigenvalue weighted by Gasteiger charge is 2.28. The summed E-state index contributed by atoms with van der Waals surface area (Å²) >= 11 is 0. The summed E-state index contributed by atoms with van der Waals surface area (Å²) in [6.07, 6.45) is 2.19. The number of nitrogens with zero attached hydrogens (tertiary/aromatic N) is 1. The Morgan fingerprint density at radius 2 is 2.08 bits per heavy atom. The first kappa shape index (κ1) is 10.9. The van der Waals surface area contributed by atoms with Crippen molar-refractivity contribution in [2.24, 2.45) is 0 Å². The highest BCUT2D eigenvalue weighted by atomic mass is 32.2. The van der Waals surface area contributed by atoms with Crippen molar-refractivity contribution < 1.29 is 8.42 Å². The standard InChI is InChI=1S/C8H18N2O2S/c1-7(2)9-8-4-5-10(6-8)13(3,11)12/h7-9H,4-6H2,1-3H3/t8-/m0/s1. The zero-order chi connectivity index (χ0) is 10.1. The Bertz CT molecular complexity index is 261. The van der Waals surface area contributed by atoms with E-state index in [0.29, 0.717) is 25.2 Å². The molecule has 0 bridgehead atoms. The lowest BCUT2D eigenvalue weighted by Crippen LogP contribution is -2.38. The molecule has 1 aliphatic rings. The van der Waals surface area contributed by atoms with Crippen LogP contribution in [0.15, 0.2) is 0 Å². The van der Waals surface area contributed by atoms with E-state index in [-0.39, 0.29) is 0 Å². The molecule has 1 saturated heterocycles. The fraction of sp³-hybridized carbons (Fsp3) is 1.00. The van der Waals surface area contributed by atoms with Gasteiger partial charge in [0.25, 0.3) is 0 Å². The first-order chi connectivity index (χ1) is 5.89. The normalized spacial score (nSPS) is 25.7. The predicted molar refractivity (Wildman–Crippen MR) is 53.1 cm³/mol. The van der Waals surface area contributed by atoms with E-state index in [1.165, 1.54) is 10.6 Å². The van der Waals surface area contributed by atoms with Crippen molar-refractivity contribution in [1.82, 2.24) is 9.62 Å². The van der Waals surface area contributed by atoms with Crippen molar-refractivity contribution >= 4 is 10.0 Å². The maximum Gasteiger partial charge on any atom is 0.211 e. The molecule has 0 spiro atoms. The molecule has 0 saturated carbocycles. The average molecular weight is 206 g/mol.